The predicted molar refractivity (Wildman–Crippen MR) is 67.3 cm³/mol. The molecule has 0 saturated heterocycles. The summed E-state index contributed by atoms with van der Waals surface area (Å²) in [6, 6.07) is 4.47. The highest BCUT2D eigenvalue weighted by molar-refractivity contribution is 9.10. The molecule has 9 heteroatoms. The number of nitro groups is 1. The lowest BCUT2D eigenvalue weighted by atomic mass is 10.3. The average molecular weight is 329 g/mol. The molecule has 0 aliphatic carbocycles. The molecule has 1 aromatic carbocycles. The third-order valence-corrected chi connectivity index (χ3v) is 2.43. The van der Waals surface area contributed by atoms with E-state index in [9.17, 15) is 14.5 Å². The Morgan fingerprint density at radius 2 is 2.11 bits per heavy atom. The summed E-state index contributed by atoms with van der Waals surface area (Å²) in [5, 5.41) is 10.5. The lowest BCUT2D eigenvalue weighted by molar-refractivity contribution is -0.387. The van der Waals surface area contributed by atoms with Crippen LogP contribution >= 0.6 is 15.9 Å². The molecule has 0 bridgehead atoms. The number of nitrogens with zero attached hydrogens (tertiary/aromatic N) is 3. The second-order valence-electron chi connectivity index (χ2n) is 3.37. The molecule has 0 unspecified atom stereocenters. The van der Waals surface area contributed by atoms with Gasteiger partial charge in [0.15, 0.2) is 0 Å². The van der Waals surface area contributed by atoms with Crippen LogP contribution < -0.4 is 10.5 Å². The summed E-state index contributed by atoms with van der Waals surface area (Å²) < 4.78 is 18.9. The van der Waals surface area contributed by atoms with E-state index < -0.39 is 16.4 Å². The monoisotopic (exact) mass is 328 g/mol. The number of anilines is 1. The molecule has 0 aliphatic rings. The third kappa shape index (κ3) is 3.13. The summed E-state index contributed by atoms with van der Waals surface area (Å²) in [6.45, 7) is 0. The van der Waals surface area contributed by atoms with Crippen molar-refractivity contribution in [2.24, 2.45) is 0 Å². The highest BCUT2D eigenvalue weighted by Crippen LogP contribution is 2.26. The fraction of sp³-hybridized carbons (Fsp3) is 0. The van der Waals surface area contributed by atoms with Gasteiger partial charge in [-0.1, -0.05) is 0 Å². The van der Waals surface area contributed by atoms with Gasteiger partial charge in [0.2, 0.25) is 5.82 Å². The summed E-state index contributed by atoms with van der Waals surface area (Å²) in [6.07, 6.45) is 0. The molecule has 0 saturated carbocycles. The third-order valence-electron chi connectivity index (χ3n) is 2.02. The van der Waals surface area contributed by atoms with Crippen LogP contribution in [0.3, 0.4) is 0 Å². The zero-order valence-corrected chi connectivity index (χ0v) is 10.8. The number of ether oxygens (including phenoxy) is 1. The van der Waals surface area contributed by atoms with Crippen molar-refractivity contribution in [1.29, 1.82) is 0 Å². The number of rotatable bonds is 3. The standard InChI is InChI=1S/C10H6BrFN4O3/c11-8-4-9(13)15-10(14-8)19-5-1-2-7(16(17)18)6(12)3-5/h1-4H,(H2,13,14,15). The van der Waals surface area contributed by atoms with Crippen LogP contribution in [-0.4, -0.2) is 14.9 Å². The van der Waals surface area contributed by atoms with Crippen molar-refractivity contribution in [3.8, 4) is 11.8 Å². The Morgan fingerprint density at radius 3 is 2.68 bits per heavy atom. The molecule has 1 heterocycles. The van der Waals surface area contributed by atoms with Gasteiger partial charge in [0.05, 0.1) is 4.92 Å². The normalized spacial score (nSPS) is 10.2. The number of nitrogens with two attached hydrogens (primary N) is 1. The van der Waals surface area contributed by atoms with Crippen molar-refractivity contribution in [3.63, 3.8) is 0 Å². The van der Waals surface area contributed by atoms with E-state index in [1.165, 1.54) is 12.1 Å². The molecular weight excluding hydrogens is 323 g/mol. The Bertz CT molecular complexity index is 632. The average Bonchev–Trinajstić information content (AvgIpc) is 2.26. The quantitative estimate of drug-likeness (QED) is 0.527. The summed E-state index contributed by atoms with van der Waals surface area (Å²) in [5.74, 6) is -0.815. The molecule has 2 N–H and O–H groups in total. The van der Waals surface area contributed by atoms with E-state index in [0.29, 0.717) is 4.60 Å². The van der Waals surface area contributed by atoms with Gasteiger partial charge in [0.1, 0.15) is 16.2 Å². The molecule has 0 amide bonds. The van der Waals surface area contributed by atoms with E-state index in [4.69, 9.17) is 10.5 Å². The van der Waals surface area contributed by atoms with Crippen LogP contribution in [0.1, 0.15) is 0 Å². The molecule has 1 aromatic heterocycles. The predicted octanol–water partition coefficient (Wildman–Crippen LogP) is 2.66. The topological polar surface area (TPSA) is 104 Å². The molecule has 0 spiro atoms. The van der Waals surface area contributed by atoms with Crippen molar-refractivity contribution in [3.05, 3.63) is 44.8 Å². The van der Waals surface area contributed by atoms with Gasteiger partial charge >= 0.3 is 11.7 Å². The lowest BCUT2D eigenvalue weighted by Crippen LogP contribution is -1.98. The van der Waals surface area contributed by atoms with E-state index in [2.05, 4.69) is 25.9 Å². The van der Waals surface area contributed by atoms with Crippen molar-refractivity contribution in [1.82, 2.24) is 9.97 Å². The maximum atomic E-state index is 13.4. The number of aromatic nitrogens is 2. The van der Waals surface area contributed by atoms with Crippen molar-refractivity contribution >= 4 is 27.4 Å². The largest absolute Gasteiger partial charge is 0.424 e. The van der Waals surface area contributed by atoms with Crippen LogP contribution in [0.25, 0.3) is 0 Å². The van der Waals surface area contributed by atoms with Crippen LogP contribution in [0, 0.1) is 15.9 Å². The smallest absolute Gasteiger partial charge is 0.325 e. The van der Waals surface area contributed by atoms with Crippen molar-refractivity contribution < 1.29 is 14.1 Å². The minimum Gasteiger partial charge on any atom is -0.424 e. The molecule has 2 rings (SSSR count). The summed E-state index contributed by atoms with van der Waals surface area (Å²) in [5.41, 5.74) is 4.85. The number of nitrogen functional groups attached to an aromatic ring is 1. The highest BCUT2D eigenvalue weighted by Gasteiger charge is 2.15. The zero-order valence-electron chi connectivity index (χ0n) is 9.21. The van der Waals surface area contributed by atoms with Gasteiger partial charge < -0.3 is 10.5 Å². The van der Waals surface area contributed by atoms with Gasteiger partial charge in [-0.05, 0) is 22.0 Å². The Balaban J connectivity index is 2.28. The van der Waals surface area contributed by atoms with E-state index in [1.807, 2.05) is 0 Å². The Labute approximate surface area is 114 Å². The minimum absolute atomic E-state index is 0.0283. The molecular formula is C10H6BrFN4O3. The number of hydrogen-bond acceptors (Lipinski definition) is 6. The van der Waals surface area contributed by atoms with Crippen LogP contribution in [0.4, 0.5) is 15.9 Å². The van der Waals surface area contributed by atoms with Gasteiger partial charge in [-0.15, -0.1) is 0 Å². The Hall–Kier alpha value is -2.29. The fourth-order valence-corrected chi connectivity index (χ4v) is 1.65. The van der Waals surface area contributed by atoms with E-state index in [1.54, 1.807) is 0 Å². The van der Waals surface area contributed by atoms with Crippen molar-refractivity contribution in [2.45, 2.75) is 0 Å². The van der Waals surface area contributed by atoms with E-state index in [-0.39, 0.29) is 17.6 Å². The SMILES string of the molecule is Nc1cc(Br)nc(Oc2ccc([N+](=O)[O-])c(F)c2)n1. The maximum Gasteiger partial charge on any atom is 0.325 e. The second kappa shape index (κ2) is 5.14. The lowest BCUT2D eigenvalue weighted by Gasteiger charge is -2.04. The minimum atomic E-state index is -1.01. The second-order valence-corrected chi connectivity index (χ2v) is 4.18. The molecule has 0 aliphatic heterocycles. The van der Waals surface area contributed by atoms with Gasteiger partial charge in [-0.2, -0.15) is 14.4 Å². The highest BCUT2D eigenvalue weighted by atomic mass is 79.9. The fourth-order valence-electron chi connectivity index (χ4n) is 1.26. The van der Waals surface area contributed by atoms with Gasteiger partial charge in [-0.3, -0.25) is 10.1 Å². The Morgan fingerprint density at radius 1 is 1.37 bits per heavy atom. The first-order chi connectivity index (χ1) is 8.95. The molecule has 2 aromatic rings. The number of hydrogen-bond donors (Lipinski definition) is 1. The first-order valence-electron chi connectivity index (χ1n) is 4.87. The van der Waals surface area contributed by atoms with Gasteiger partial charge in [0.25, 0.3) is 0 Å². The number of halogens is 2. The summed E-state index contributed by atoms with van der Waals surface area (Å²) >= 11 is 3.10. The molecule has 98 valence electrons. The van der Waals surface area contributed by atoms with Crippen LogP contribution in [0.2, 0.25) is 0 Å². The van der Waals surface area contributed by atoms with Crippen LogP contribution in [0.5, 0.6) is 11.8 Å². The first kappa shape index (κ1) is 13.1. The number of nitro benzene ring substituents is 1. The number of benzene rings is 1. The molecule has 0 fully saturated rings. The Kier molecular flexibility index (Phi) is 3.56. The first-order valence-corrected chi connectivity index (χ1v) is 5.67. The molecule has 19 heavy (non-hydrogen) atoms. The van der Waals surface area contributed by atoms with Crippen molar-refractivity contribution in [2.75, 3.05) is 5.73 Å². The molecule has 7 nitrogen and oxygen atoms in total. The van der Waals surface area contributed by atoms with Crippen LogP contribution in [0.15, 0.2) is 28.9 Å². The molecule has 0 radical (unpaired) electrons. The zero-order chi connectivity index (χ0) is 14.0. The van der Waals surface area contributed by atoms with E-state index in [0.717, 1.165) is 12.1 Å². The molecule has 0 atom stereocenters. The summed E-state index contributed by atoms with van der Waals surface area (Å²) in [7, 11) is 0. The summed E-state index contributed by atoms with van der Waals surface area (Å²) in [4.78, 5) is 17.3. The van der Waals surface area contributed by atoms with Gasteiger partial charge in [-0.25, -0.2) is 0 Å². The van der Waals surface area contributed by atoms with E-state index >= 15 is 0 Å². The maximum absolute atomic E-state index is 13.4. The van der Waals surface area contributed by atoms with Crippen LogP contribution in [-0.2, 0) is 0 Å². The van der Waals surface area contributed by atoms with Gasteiger partial charge in [0, 0.05) is 18.2 Å².